The Morgan fingerprint density at radius 2 is 2.12 bits per heavy atom. The summed E-state index contributed by atoms with van der Waals surface area (Å²) in [7, 11) is 0. The molecule has 0 unspecified atom stereocenters. The van der Waals surface area contributed by atoms with Gasteiger partial charge in [0.25, 0.3) is 5.56 Å². The molecule has 2 aromatic rings. The number of nitrogens with zero attached hydrogens (tertiary/aromatic N) is 4. The number of hydrogen-bond acceptors (Lipinski definition) is 5. The quantitative estimate of drug-likeness (QED) is 0.890. The predicted octanol–water partition coefficient (Wildman–Crippen LogP) is 0.541. The smallest absolute Gasteiger partial charge is 0.266 e. The van der Waals surface area contributed by atoms with Crippen molar-refractivity contribution in [1.82, 2.24) is 19.4 Å². The molecule has 7 nitrogen and oxygen atoms in total. The number of rotatable bonds is 3. The number of fused-ring (bicyclic) bond motifs is 3. The van der Waals surface area contributed by atoms with E-state index in [1.165, 1.54) is 0 Å². The van der Waals surface area contributed by atoms with E-state index in [9.17, 15) is 4.79 Å². The van der Waals surface area contributed by atoms with E-state index >= 15 is 0 Å². The molecule has 124 valence electrons. The second-order valence-electron chi connectivity index (χ2n) is 6.21. The van der Waals surface area contributed by atoms with E-state index in [2.05, 4.69) is 19.4 Å². The first-order valence-corrected chi connectivity index (χ1v) is 8.27. The lowest BCUT2D eigenvalue weighted by Gasteiger charge is -2.27. The van der Waals surface area contributed by atoms with Gasteiger partial charge in [-0.3, -0.25) is 9.69 Å². The van der Waals surface area contributed by atoms with E-state index in [1.54, 1.807) is 6.07 Å². The van der Waals surface area contributed by atoms with E-state index in [0.717, 1.165) is 74.9 Å². The van der Waals surface area contributed by atoms with Crippen LogP contribution in [0.1, 0.15) is 16.8 Å². The number of hydrogen-bond donors (Lipinski definition) is 1. The molecule has 1 aliphatic carbocycles. The van der Waals surface area contributed by atoms with Crippen molar-refractivity contribution in [2.75, 3.05) is 32.8 Å². The summed E-state index contributed by atoms with van der Waals surface area (Å²) < 4.78 is 7.56. The molecular weight excluding hydrogens is 306 g/mol. The highest BCUT2D eigenvalue weighted by molar-refractivity contribution is 5.65. The number of H-pyrrole nitrogens is 1. The number of ether oxygens (including phenoxy) is 1. The molecule has 1 fully saturated rings. The van der Waals surface area contributed by atoms with E-state index in [4.69, 9.17) is 10.00 Å². The molecule has 3 heterocycles. The van der Waals surface area contributed by atoms with Crippen LogP contribution in [0.2, 0.25) is 0 Å². The molecule has 2 aromatic heterocycles. The minimum Gasteiger partial charge on any atom is -0.379 e. The van der Waals surface area contributed by atoms with Crippen LogP contribution in [-0.2, 0) is 24.1 Å². The Kier molecular flexibility index (Phi) is 3.92. The van der Waals surface area contributed by atoms with Crippen LogP contribution in [0, 0.1) is 11.3 Å². The van der Waals surface area contributed by atoms with Crippen molar-refractivity contribution >= 4 is 0 Å². The molecular formula is C17H19N5O2. The predicted molar refractivity (Wildman–Crippen MR) is 87.7 cm³/mol. The van der Waals surface area contributed by atoms with Gasteiger partial charge in [0.1, 0.15) is 17.3 Å². The van der Waals surface area contributed by atoms with Gasteiger partial charge in [0.05, 0.1) is 25.2 Å². The lowest BCUT2D eigenvalue weighted by atomic mass is 9.95. The van der Waals surface area contributed by atoms with Gasteiger partial charge in [-0.1, -0.05) is 0 Å². The third-order valence-electron chi connectivity index (χ3n) is 4.82. The van der Waals surface area contributed by atoms with Crippen molar-refractivity contribution < 1.29 is 4.74 Å². The van der Waals surface area contributed by atoms with Gasteiger partial charge in [-0.2, -0.15) is 5.26 Å². The Balaban J connectivity index is 1.59. The summed E-state index contributed by atoms with van der Waals surface area (Å²) in [5.74, 6) is 0. The maximum absolute atomic E-state index is 11.9. The van der Waals surface area contributed by atoms with Crippen LogP contribution in [0.4, 0.5) is 0 Å². The van der Waals surface area contributed by atoms with Crippen molar-refractivity contribution in [1.29, 1.82) is 5.26 Å². The van der Waals surface area contributed by atoms with Crippen LogP contribution >= 0.6 is 0 Å². The minimum absolute atomic E-state index is 0.170. The summed E-state index contributed by atoms with van der Waals surface area (Å²) in [5.41, 5.74) is 3.61. The number of aryl methyl sites for hydroxylation is 1. The zero-order chi connectivity index (χ0) is 16.5. The largest absolute Gasteiger partial charge is 0.379 e. The number of nitriles is 1. The highest BCUT2D eigenvalue weighted by Crippen LogP contribution is 2.30. The molecule has 1 N–H and O–H groups in total. The molecule has 4 rings (SSSR count). The number of aromatic amines is 1. The van der Waals surface area contributed by atoms with Crippen molar-refractivity contribution in [3.8, 4) is 17.5 Å². The number of nitrogens with one attached hydrogen (secondary N) is 1. The normalized spacial score (nSPS) is 17.1. The highest BCUT2D eigenvalue weighted by atomic mass is 16.5. The van der Waals surface area contributed by atoms with Gasteiger partial charge < -0.3 is 14.3 Å². The van der Waals surface area contributed by atoms with Gasteiger partial charge in [0, 0.05) is 31.9 Å². The fraction of sp³-hybridized carbons (Fsp3) is 0.471. The summed E-state index contributed by atoms with van der Waals surface area (Å²) in [4.78, 5) is 21.7. The van der Waals surface area contributed by atoms with Gasteiger partial charge in [-0.15, -0.1) is 0 Å². The van der Waals surface area contributed by atoms with Crippen molar-refractivity contribution in [3.63, 3.8) is 0 Å². The summed E-state index contributed by atoms with van der Waals surface area (Å²) in [6.07, 6.45) is 3.55. The molecule has 0 saturated carbocycles. The van der Waals surface area contributed by atoms with Crippen LogP contribution in [-0.4, -0.2) is 52.3 Å². The molecule has 0 bridgehead atoms. The van der Waals surface area contributed by atoms with Crippen LogP contribution in [0.15, 0.2) is 17.2 Å². The van der Waals surface area contributed by atoms with E-state index < -0.39 is 0 Å². The van der Waals surface area contributed by atoms with Gasteiger partial charge in [0.15, 0.2) is 0 Å². The van der Waals surface area contributed by atoms with Gasteiger partial charge in [-0.05, 0) is 24.5 Å². The number of aromatic nitrogens is 3. The maximum Gasteiger partial charge on any atom is 0.266 e. The Morgan fingerprint density at radius 1 is 1.29 bits per heavy atom. The number of pyridine rings is 1. The molecule has 0 spiro atoms. The molecule has 0 aromatic carbocycles. The Hall–Kier alpha value is -2.43. The van der Waals surface area contributed by atoms with Crippen LogP contribution in [0.25, 0.3) is 11.4 Å². The second kappa shape index (κ2) is 6.23. The molecule has 0 atom stereocenters. The fourth-order valence-electron chi connectivity index (χ4n) is 3.46. The van der Waals surface area contributed by atoms with Crippen LogP contribution < -0.4 is 5.56 Å². The van der Waals surface area contributed by atoms with Crippen molar-refractivity contribution in [3.05, 3.63) is 39.6 Å². The van der Waals surface area contributed by atoms with E-state index in [1.807, 2.05) is 12.4 Å². The zero-order valence-corrected chi connectivity index (χ0v) is 13.4. The van der Waals surface area contributed by atoms with Gasteiger partial charge in [0.2, 0.25) is 0 Å². The van der Waals surface area contributed by atoms with Crippen LogP contribution in [0.5, 0.6) is 0 Å². The zero-order valence-electron chi connectivity index (χ0n) is 13.4. The first-order chi connectivity index (χ1) is 11.8. The summed E-state index contributed by atoms with van der Waals surface area (Å²) in [5, 5.41) is 9.01. The molecule has 1 saturated heterocycles. The third-order valence-corrected chi connectivity index (χ3v) is 4.82. The molecule has 0 radical (unpaired) electrons. The SMILES string of the molecule is N#Cc1cc2c([nH]c1=O)-c1ncn(CCN3CCOCC3)c1CC2. The average molecular weight is 325 g/mol. The maximum atomic E-state index is 11.9. The first kappa shape index (κ1) is 15.1. The first-order valence-electron chi connectivity index (χ1n) is 8.27. The molecule has 1 aliphatic heterocycles. The van der Waals surface area contributed by atoms with Crippen molar-refractivity contribution in [2.45, 2.75) is 19.4 Å². The summed E-state index contributed by atoms with van der Waals surface area (Å²) in [6, 6.07) is 3.64. The molecule has 24 heavy (non-hydrogen) atoms. The average Bonchev–Trinajstić information content (AvgIpc) is 3.04. The van der Waals surface area contributed by atoms with Gasteiger partial charge in [-0.25, -0.2) is 4.98 Å². The highest BCUT2D eigenvalue weighted by Gasteiger charge is 2.23. The minimum atomic E-state index is -0.341. The van der Waals surface area contributed by atoms with Crippen molar-refractivity contribution in [2.24, 2.45) is 0 Å². The summed E-state index contributed by atoms with van der Waals surface area (Å²) >= 11 is 0. The lowest BCUT2D eigenvalue weighted by molar-refractivity contribution is 0.0363. The fourth-order valence-corrected chi connectivity index (χ4v) is 3.46. The molecule has 2 aliphatic rings. The number of imidazole rings is 1. The third kappa shape index (κ3) is 2.64. The monoisotopic (exact) mass is 325 g/mol. The van der Waals surface area contributed by atoms with E-state index in [0.29, 0.717) is 0 Å². The Bertz CT molecular complexity index is 855. The lowest BCUT2D eigenvalue weighted by Crippen LogP contribution is -2.38. The Morgan fingerprint density at radius 3 is 2.92 bits per heavy atom. The Labute approximate surface area is 139 Å². The molecule has 0 amide bonds. The topological polar surface area (TPSA) is 86.9 Å². The van der Waals surface area contributed by atoms with Gasteiger partial charge >= 0.3 is 0 Å². The summed E-state index contributed by atoms with van der Waals surface area (Å²) in [6.45, 7) is 5.42. The standard InChI is InChI=1S/C17H19N5O2/c18-10-13-9-12-1-2-14-16(15(12)20-17(13)23)19-11-22(14)4-3-21-5-7-24-8-6-21/h9,11H,1-8H2,(H,20,23). The molecule has 7 heteroatoms. The second-order valence-corrected chi connectivity index (χ2v) is 6.21. The number of morpholine rings is 1. The van der Waals surface area contributed by atoms with E-state index in [-0.39, 0.29) is 11.1 Å². The van der Waals surface area contributed by atoms with Crippen LogP contribution in [0.3, 0.4) is 0 Å².